The van der Waals surface area contributed by atoms with Gasteiger partial charge < -0.3 is 18.6 Å². The minimum Gasteiger partial charge on any atom is -0.493 e. The Labute approximate surface area is 158 Å². The molecule has 0 saturated carbocycles. The lowest BCUT2D eigenvalue weighted by molar-refractivity contribution is -0.385. The number of carbonyl (C=O) groups is 1. The fourth-order valence-electron chi connectivity index (χ4n) is 2.40. The average molecular weight is 385 g/mol. The highest BCUT2D eigenvalue weighted by atomic mass is 16.6. The number of nitrogens with zero attached hydrogens (tertiary/aromatic N) is 3. The molecule has 1 aromatic heterocycles. The number of nitro groups is 1. The van der Waals surface area contributed by atoms with E-state index in [1.54, 1.807) is 12.1 Å². The van der Waals surface area contributed by atoms with Crippen molar-refractivity contribution in [3.05, 3.63) is 64.0 Å². The average Bonchev–Trinajstić information content (AvgIpc) is 3.20. The summed E-state index contributed by atoms with van der Waals surface area (Å²) in [7, 11) is 2.68. The molecule has 10 nitrogen and oxygen atoms in total. The van der Waals surface area contributed by atoms with E-state index in [0.29, 0.717) is 5.56 Å². The minimum atomic E-state index is -0.938. The molecule has 1 heterocycles. The summed E-state index contributed by atoms with van der Waals surface area (Å²) in [6.45, 7) is -0.343. The van der Waals surface area contributed by atoms with Gasteiger partial charge in [-0.15, -0.1) is 10.2 Å². The van der Waals surface area contributed by atoms with Crippen molar-refractivity contribution in [3.63, 3.8) is 0 Å². The summed E-state index contributed by atoms with van der Waals surface area (Å²) >= 11 is 0. The van der Waals surface area contributed by atoms with Crippen LogP contribution in [0.5, 0.6) is 11.5 Å². The molecule has 0 aliphatic carbocycles. The van der Waals surface area contributed by atoms with Gasteiger partial charge in [-0.3, -0.25) is 10.1 Å². The van der Waals surface area contributed by atoms with Crippen LogP contribution < -0.4 is 9.47 Å². The molecule has 0 N–H and O–H groups in total. The number of ether oxygens (including phenoxy) is 3. The van der Waals surface area contributed by atoms with Crippen LogP contribution in [0.4, 0.5) is 5.69 Å². The lowest BCUT2D eigenvalue weighted by atomic mass is 10.1. The summed E-state index contributed by atoms with van der Waals surface area (Å²) in [4.78, 5) is 23.0. The van der Waals surface area contributed by atoms with Gasteiger partial charge in [0.05, 0.1) is 25.2 Å². The largest absolute Gasteiger partial charge is 0.493 e. The van der Waals surface area contributed by atoms with Gasteiger partial charge in [0.1, 0.15) is 5.56 Å². The number of aromatic nitrogens is 2. The Morgan fingerprint density at radius 3 is 2.43 bits per heavy atom. The van der Waals surface area contributed by atoms with Gasteiger partial charge in [0.15, 0.2) is 18.1 Å². The van der Waals surface area contributed by atoms with Crippen molar-refractivity contribution in [2.75, 3.05) is 14.2 Å². The first-order valence-electron chi connectivity index (χ1n) is 7.98. The second-order valence-electron chi connectivity index (χ2n) is 5.42. The quantitative estimate of drug-likeness (QED) is 0.342. The first-order chi connectivity index (χ1) is 13.5. The van der Waals surface area contributed by atoms with Gasteiger partial charge >= 0.3 is 5.97 Å². The number of nitro benzene ring substituents is 1. The fraction of sp³-hybridized carbons (Fsp3) is 0.167. The Kier molecular flexibility index (Phi) is 5.49. The molecule has 0 spiro atoms. The molecule has 144 valence electrons. The Balaban J connectivity index is 1.78. The van der Waals surface area contributed by atoms with E-state index in [9.17, 15) is 14.9 Å². The van der Waals surface area contributed by atoms with Gasteiger partial charge in [-0.2, -0.15) is 0 Å². The molecule has 28 heavy (non-hydrogen) atoms. The summed E-state index contributed by atoms with van der Waals surface area (Å²) < 4.78 is 20.6. The van der Waals surface area contributed by atoms with E-state index in [4.69, 9.17) is 18.6 Å². The highest BCUT2D eigenvalue weighted by Gasteiger charge is 2.26. The summed E-state index contributed by atoms with van der Waals surface area (Å²) in [6, 6.07) is 11.3. The number of hydrogen-bond acceptors (Lipinski definition) is 9. The van der Waals surface area contributed by atoms with Crippen LogP contribution in [-0.4, -0.2) is 35.3 Å². The summed E-state index contributed by atoms with van der Waals surface area (Å²) in [5.74, 6) is -0.342. The number of hydrogen-bond donors (Lipinski definition) is 0. The van der Waals surface area contributed by atoms with Crippen molar-refractivity contribution in [3.8, 4) is 23.0 Å². The van der Waals surface area contributed by atoms with E-state index in [1.165, 1.54) is 20.3 Å². The van der Waals surface area contributed by atoms with Crippen LogP contribution in [0.3, 0.4) is 0 Å². The topological polar surface area (TPSA) is 127 Å². The maximum atomic E-state index is 12.4. The molecule has 0 saturated heterocycles. The van der Waals surface area contributed by atoms with Crippen LogP contribution in [0.2, 0.25) is 0 Å². The molecule has 0 amide bonds. The Hall–Kier alpha value is -3.95. The third-order valence-corrected chi connectivity index (χ3v) is 3.73. The van der Waals surface area contributed by atoms with Crippen molar-refractivity contribution in [2.45, 2.75) is 6.61 Å². The van der Waals surface area contributed by atoms with Gasteiger partial charge in [-0.1, -0.05) is 18.2 Å². The second kappa shape index (κ2) is 8.16. The van der Waals surface area contributed by atoms with Crippen molar-refractivity contribution in [1.82, 2.24) is 10.2 Å². The Bertz CT molecular complexity index is 1000. The monoisotopic (exact) mass is 385 g/mol. The lowest BCUT2D eigenvalue weighted by Crippen LogP contribution is -2.09. The first-order valence-corrected chi connectivity index (χ1v) is 7.98. The smallest absolute Gasteiger partial charge is 0.345 e. The van der Waals surface area contributed by atoms with Crippen molar-refractivity contribution < 1.29 is 28.3 Å². The van der Waals surface area contributed by atoms with E-state index >= 15 is 0 Å². The summed E-state index contributed by atoms with van der Waals surface area (Å²) in [6.07, 6.45) is 0. The molecule has 0 radical (unpaired) electrons. The van der Waals surface area contributed by atoms with Gasteiger partial charge in [-0.05, 0) is 12.1 Å². The number of benzene rings is 2. The van der Waals surface area contributed by atoms with Crippen molar-refractivity contribution in [1.29, 1.82) is 0 Å². The van der Waals surface area contributed by atoms with E-state index in [-0.39, 0.29) is 35.5 Å². The molecule has 0 aliphatic rings. The van der Waals surface area contributed by atoms with Gasteiger partial charge in [0.2, 0.25) is 5.89 Å². The minimum absolute atomic E-state index is 0.0512. The van der Waals surface area contributed by atoms with Crippen LogP contribution in [-0.2, 0) is 11.3 Å². The van der Waals surface area contributed by atoms with E-state index in [1.807, 2.05) is 18.2 Å². The Morgan fingerprint density at radius 2 is 1.79 bits per heavy atom. The third kappa shape index (κ3) is 3.90. The zero-order chi connectivity index (χ0) is 20.1. The predicted molar refractivity (Wildman–Crippen MR) is 95.1 cm³/mol. The molecule has 0 aliphatic heterocycles. The van der Waals surface area contributed by atoms with Crippen LogP contribution in [0.15, 0.2) is 46.9 Å². The van der Waals surface area contributed by atoms with Crippen LogP contribution in [0.25, 0.3) is 11.5 Å². The molecule has 3 rings (SSSR count). The van der Waals surface area contributed by atoms with Gasteiger partial charge in [-0.25, -0.2) is 4.79 Å². The van der Waals surface area contributed by atoms with Gasteiger partial charge in [0.25, 0.3) is 11.6 Å². The molecular weight excluding hydrogens is 370 g/mol. The fourth-order valence-corrected chi connectivity index (χ4v) is 2.40. The van der Waals surface area contributed by atoms with E-state index in [2.05, 4.69) is 10.2 Å². The zero-order valence-corrected chi connectivity index (χ0v) is 14.9. The molecule has 2 aromatic carbocycles. The third-order valence-electron chi connectivity index (χ3n) is 3.73. The Morgan fingerprint density at radius 1 is 1.11 bits per heavy atom. The van der Waals surface area contributed by atoms with E-state index < -0.39 is 16.6 Å². The molecule has 0 bridgehead atoms. The summed E-state index contributed by atoms with van der Waals surface area (Å²) in [5.41, 5.74) is -0.0493. The number of methoxy groups -OCH3 is 2. The summed E-state index contributed by atoms with van der Waals surface area (Å²) in [5, 5.41) is 19.0. The number of esters is 1. The number of carbonyl (C=O) groups excluding carboxylic acids is 1. The van der Waals surface area contributed by atoms with Crippen LogP contribution >= 0.6 is 0 Å². The number of rotatable bonds is 7. The molecule has 0 unspecified atom stereocenters. The molecule has 0 atom stereocenters. The molecule has 10 heteroatoms. The SMILES string of the molecule is COc1cc(C(=O)OCc2nnc(-c3ccccc3)o2)c([N+](=O)[O-])cc1OC. The lowest BCUT2D eigenvalue weighted by Gasteiger charge is -2.10. The molecular formula is C18H15N3O7. The van der Waals surface area contributed by atoms with Crippen molar-refractivity contribution >= 4 is 11.7 Å². The van der Waals surface area contributed by atoms with Crippen LogP contribution in [0, 0.1) is 10.1 Å². The zero-order valence-electron chi connectivity index (χ0n) is 14.9. The normalized spacial score (nSPS) is 10.4. The van der Waals surface area contributed by atoms with Crippen LogP contribution in [0.1, 0.15) is 16.2 Å². The maximum Gasteiger partial charge on any atom is 0.345 e. The highest BCUT2D eigenvalue weighted by Crippen LogP contribution is 2.35. The molecule has 0 fully saturated rings. The standard InChI is InChI=1S/C18H15N3O7/c1-25-14-8-12(13(21(23)24)9-15(14)26-2)18(22)27-10-16-19-20-17(28-16)11-6-4-3-5-7-11/h3-9H,10H2,1-2H3. The second-order valence-corrected chi connectivity index (χ2v) is 5.42. The first kappa shape index (κ1) is 18.8. The maximum absolute atomic E-state index is 12.4. The van der Waals surface area contributed by atoms with Gasteiger partial charge in [0, 0.05) is 11.6 Å². The predicted octanol–water partition coefficient (Wildman–Crippen LogP) is 3.02. The molecule has 3 aromatic rings. The highest BCUT2D eigenvalue weighted by molar-refractivity contribution is 5.95. The van der Waals surface area contributed by atoms with E-state index in [0.717, 1.165) is 6.07 Å². The van der Waals surface area contributed by atoms with Crippen molar-refractivity contribution in [2.24, 2.45) is 0 Å².